The van der Waals surface area contributed by atoms with Crippen LogP contribution in [0.1, 0.15) is 48.7 Å². The van der Waals surface area contributed by atoms with E-state index in [2.05, 4.69) is 18.7 Å². The van der Waals surface area contributed by atoms with Crippen molar-refractivity contribution in [1.82, 2.24) is 9.88 Å². The van der Waals surface area contributed by atoms with Gasteiger partial charge in [-0.2, -0.15) is 0 Å². The Morgan fingerprint density at radius 2 is 2.29 bits per heavy atom. The molecule has 0 radical (unpaired) electrons. The Morgan fingerprint density at radius 1 is 1.48 bits per heavy atom. The van der Waals surface area contributed by atoms with Crippen molar-refractivity contribution < 1.29 is 9.90 Å². The van der Waals surface area contributed by atoms with E-state index >= 15 is 0 Å². The van der Waals surface area contributed by atoms with Crippen LogP contribution in [0, 0.1) is 5.92 Å². The smallest absolute Gasteiger partial charge is 0.303 e. The highest BCUT2D eigenvalue weighted by Gasteiger charge is 2.17. The molecule has 4 nitrogen and oxygen atoms in total. The minimum Gasteiger partial charge on any atom is -0.481 e. The Bertz CT molecular complexity index is 473. The fourth-order valence-corrected chi connectivity index (χ4v) is 4.12. The lowest BCUT2D eigenvalue weighted by molar-refractivity contribution is -0.136. The molecule has 1 fully saturated rings. The van der Waals surface area contributed by atoms with E-state index in [1.165, 1.54) is 35.8 Å². The van der Waals surface area contributed by atoms with Gasteiger partial charge in [-0.25, -0.2) is 4.98 Å². The topological polar surface area (TPSA) is 53.4 Å². The van der Waals surface area contributed by atoms with Crippen molar-refractivity contribution in [2.75, 3.05) is 19.6 Å². The summed E-state index contributed by atoms with van der Waals surface area (Å²) in [6.45, 7) is 7.92. The Labute approximate surface area is 131 Å². The normalized spacial score (nSPS) is 19.8. The average Bonchev–Trinajstić information content (AvgIpc) is 2.85. The van der Waals surface area contributed by atoms with Gasteiger partial charge in [-0.15, -0.1) is 11.3 Å². The molecule has 1 saturated heterocycles. The molecule has 1 aromatic rings. The van der Waals surface area contributed by atoms with Gasteiger partial charge < -0.3 is 10.0 Å². The average molecular weight is 310 g/mol. The molecule has 0 bridgehead atoms. The van der Waals surface area contributed by atoms with Crippen LogP contribution in [0.4, 0.5) is 0 Å². The van der Waals surface area contributed by atoms with Crippen LogP contribution in [0.3, 0.4) is 0 Å². The summed E-state index contributed by atoms with van der Waals surface area (Å²) in [4.78, 5) is 19.1. The van der Waals surface area contributed by atoms with Crippen molar-refractivity contribution in [1.29, 1.82) is 0 Å². The number of carboxylic acids is 1. The van der Waals surface area contributed by atoms with Crippen LogP contribution in [-0.2, 0) is 24.1 Å². The van der Waals surface area contributed by atoms with Crippen LogP contribution >= 0.6 is 11.3 Å². The second kappa shape index (κ2) is 7.90. The summed E-state index contributed by atoms with van der Waals surface area (Å²) in [5, 5.41) is 9.99. The van der Waals surface area contributed by atoms with Gasteiger partial charge in [-0.05, 0) is 38.1 Å². The highest BCUT2D eigenvalue weighted by atomic mass is 32.1. The molecule has 0 aromatic carbocycles. The van der Waals surface area contributed by atoms with Crippen LogP contribution in [0.25, 0.3) is 0 Å². The number of aryl methyl sites for hydroxylation is 2. The zero-order valence-electron chi connectivity index (χ0n) is 13.1. The van der Waals surface area contributed by atoms with Crippen molar-refractivity contribution >= 4 is 17.3 Å². The number of carbonyl (C=O) groups is 1. The van der Waals surface area contributed by atoms with E-state index < -0.39 is 5.97 Å². The molecule has 0 saturated carbocycles. The third-order valence-electron chi connectivity index (χ3n) is 4.11. The number of likely N-dealkylation sites (tertiary alicyclic amines) is 1. The quantitative estimate of drug-likeness (QED) is 0.841. The molecular formula is C16H26N2O2S. The molecule has 5 heteroatoms. The molecule has 2 heterocycles. The van der Waals surface area contributed by atoms with Crippen molar-refractivity contribution in [3.05, 3.63) is 15.6 Å². The minimum absolute atomic E-state index is 0.207. The molecule has 1 N–H and O–H groups in total. The van der Waals surface area contributed by atoms with Crippen LogP contribution in [0.5, 0.6) is 0 Å². The first-order valence-corrected chi connectivity index (χ1v) is 8.81. The summed E-state index contributed by atoms with van der Waals surface area (Å²) in [5.41, 5.74) is 1.10. The van der Waals surface area contributed by atoms with Crippen LogP contribution in [-0.4, -0.2) is 40.6 Å². The van der Waals surface area contributed by atoms with Gasteiger partial charge in [0.25, 0.3) is 0 Å². The van der Waals surface area contributed by atoms with Gasteiger partial charge >= 0.3 is 5.97 Å². The first-order chi connectivity index (χ1) is 10.1. The molecule has 1 aliphatic heterocycles. The predicted octanol–water partition coefficient (Wildman–Crippen LogP) is 3.00. The lowest BCUT2D eigenvalue weighted by Crippen LogP contribution is -2.35. The highest BCUT2D eigenvalue weighted by molar-refractivity contribution is 7.11. The lowest BCUT2D eigenvalue weighted by atomic mass is 10.0. The van der Waals surface area contributed by atoms with Crippen molar-refractivity contribution in [3.8, 4) is 0 Å². The molecular weight excluding hydrogens is 284 g/mol. The lowest BCUT2D eigenvalue weighted by Gasteiger charge is -2.30. The van der Waals surface area contributed by atoms with Gasteiger partial charge in [-0.3, -0.25) is 4.79 Å². The number of aliphatic carboxylic acids is 1. The first-order valence-electron chi connectivity index (χ1n) is 8.00. The molecule has 1 atom stereocenters. The maximum atomic E-state index is 10.7. The minimum atomic E-state index is -0.727. The molecule has 0 aliphatic carbocycles. The summed E-state index contributed by atoms with van der Waals surface area (Å²) in [5.74, 6) is 0.0849. The summed E-state index contributed by atoms with van der Waals surface area (Å²) in [6.07, 6.45) is 5.38. The van der Waals surface area contributed by atoms with Crippen LogP contribution in [0.2, 0.25) is 0 Å². The zero-order chi connectivity index (χ0) is 15.2. The van der Waals surface area contributed by atoms with E-state index in [9.17, 15) is 4.79 Å². The molecule has 21 heavy (non-hydrogen) atoms. The summed E-state index contributed by atoms with van der Waals surface area (Å²) >= 11 is 1.71. The van der Waals surface area contributed by atoms with Crippen molar-refractivity contribution in [3.63, 3.8) is 0 Å². The van der Waals surface area contributed by atoms with E-state index in [4.69, 9.17) is 10.1 Å². The van der Waals surface area contributed by atoms with E-state index in [0.29, 0.717) is 6.42 Å². The zero-order valence-corrected chi connectivity index (χ0v) is 13.9. The predicted molar refractivity (Wildman–Crippen MR) is 86.0 cm³/mol. The Balaban J connectivity index is 1.89. The monoisotopic (exact) mass is 310 g/mol. The van der Waals surface area contributed by atoms with E-state index in [1.807, 2.05) is 0 Å². The van der Waals surface area contributed by atoms with Crippen molar-refractivity contribution in [2.24, 2.45) is 5.92 Å². The number of thiazole rings is 1. The molecule has 2 rings (SSSR count). The molecule has 0 spiro atoms. The number of carboxylic acid groups (broad SMARTS) is 1. The number of nitrogens with zero attached hydrogens (tertiary/aromatic N) is 2. The summed E-state index contributed by atoms with van der Waals surface area (Å²) in [7, 11) is 0. The molecule has 1 aromatic heterocycles. The number of aromatic nitrogens is 1. The van der Waals surface area contributed by atoms with Gasteiger partial charge in [0.15, 0.2) is 0 Å². The van der Waals surface area contributed by atoms with E-state index in [1.54, 1.807) is 11.3 Å². The maximum Gasteiger partial charge on any atom is 0.303 e. The third-order valence-corrected chi connectivity index (χ3v) is 5.32. The number of rotatable bonds is 7. The Hall–Kier alpha value is -0.940. The van der Waals surface area contributed by atoms with E-state index in [-0.39, 0.29) is 6.42 Å². The van der Waals surface area contributed by atoms with Gasteiger partial charge in [0.05, 0.1) is 17.1 Å². The SMILES string of the molecule is CCc1nc(CCN2CCCC(C)C2)sc1CCC(=O)O. The second-order valence-corrected chi connectivity index (χ2v) is 7.19. The van der Waals surface area contributed by atoms with Crippen LogP contribution < -0.4 is 0 Å². The van der Waals surface area contributed by atoms with Crippen LogP contribution in [0.15, 0.2) is 0 Å². The van der Waals surface area contributed by atoms with Gasteiger partial charge in [-0.1, -0.05) is 13.8 Å². The molecule has 1 aliphatic rings. The highest BCUT2D eigenvalue weighted by Crippen LogP contribution is 2.22. The molecule has 118 valence electrons. The number of piperidine rings is 1. The standard InChI is InChI=1S/C16H26N2O2S/c1-3-13-14(6-7-16(19)20)21-15(17-13)8-10-18-9-4-5-12(2)11-18/h12H,3-11H2,1-2H3,(H,19,20). The Morgan fingerprint density at radius 3 is 2.95 bits per heavy atom. The van der Waals surface area contributed by atoms with Gasteiger partial charge in [0, 0.05) is 24.4 Å². The third kappa shape index (κ3) is 5.08. The summed E-state index contributed by atoms with van der Waals surface area (Å²) < 4.78 is 0. The number of hydrogen-bond donors (Lipinski definition) is 1. The molecule has 1 unspecified atom stereocenters. The summed E-state index contributed by atoms with van der Waals surface area (Å²) in [6, 6.07) is 0. The Kier molecular flexibility index (Phi) is 6.18. The fraction of sp³-hybridized carbons (Fsp3) is 0.750. The van der Waals surface area contributed by atoms with Gasteiger partial charge in [0.1, 0.15) is 0 Å². The van der Waals surface area contributed by atoms with Gasteiger partial charge in [0.2, 0.25) is 0 Å². The largest absolute Gasteiger partial charge is 0.481 e. The van der Waals surface area contributed by atoms with Crippen molar-refractivity contribution in [2.45, 2.75) is 52.4 Å². The number of hydrogen-bond acceptors (Lipinski definition) is 4. The fourth-order valence-electron chi connectivity index (χ4n) is 2.98. The van der Waals surface area contributed by atoms with E-state index in [0.717, 1.165) is 31.0 Å². The first kappa shape index (κ1) is 16.4. The molecule has 0 amide bonds. The second-order valence-electron chi connectivity index (χ2n) is 6.02. The maximum absolute atomic E-state index is 10.7.